The maximum atomic E-state index is 9.09. The Bertz CT molecular complexity index is 987. The molecule has 1 fully saturated rings. The lowest BCUT2D eigenvalue weighted by Gasteiger charge is -2.34. The highest BCUT2D eigenvalue weighted by Gasteiger charge is 2.22. The van der Waals surface area contributed by atoms with Crippen LogP contribution in [-0.4, -0.2) is 15.5 Å². The third kappa shape index (κ3) is 5.20. The lowest BCUT2D eigenvalue weighted by Crippen LogP contribution is -2.36. The first-order valence-corrected chi connectivity index (χ1v) is 11.1. The zero-order chi connectivity index (χ0) is 20.8. The summed E-state index contributed by atoms with van der Waals surface area (Å²) in [5, 5.41) is 9.09. The summed E-state index contributed by atoms with van der Waals surface area (Å²) in [6.07, 6.45) is 8.81. The van der Waals surface area contributed by atoms with Crippen LogP contribution in [0.1, 0.15) is 60.1 Å². The van der Waals surface area contributed by atoms with Crippen LogP contribution in [-0.2, 0) is 19.6 Å². The molecule has 0 aliphatic heterocycles. The second kappa shape index (κ2) is 9.78. The summed E-state index contributed by atoms with van der Waals surface area (Å²) in [7, 11) is 0. The SMILES string of the molecule is Cc1cccc(Cn2cccc2CN(Cc2ccc(C#N)cc2)C2CCCCC2)c1. The Morgan fingerprint density at radius 3 is 2.47 bits per heavy atom. The van der Waals surface area contributed by atoms with Crippen LogP contribution in [0.3, 0.4) is 0 Å². The first kappa shape index (κ1) is 20.4. The summed E-state index contributed by atoms with van der Waals surface area (Å²) < 4.78 is 2.39. The summed E-state index contributed by atoms with van der Waals surface area (Å²) in [4.78, 5) is 2.66. The second-order valence-electron chi connectivity index (χ2n) is 8.62. The maximum Gasteiger partial charge on any atom is 0.0991 e. The number of hydrogen-bond donors (Lipinski definition) is 0. The largest absolute Gasteiger partial charge is 0.346 e. The minimum atomic E-state index is 0.636. The van der Waals surface area contributed by atoms with E-state index in [0.717, 1.165) is 25.2 Å². The zero-order valence-electron chi connectivity index (χ0n) is 17.9. The minimum absolute atomic E-state index is 0.636. The van der Waals surface area contributed by atoms with Gasteiger partial charge in [-0.15, -0.1) is 0 Å². The highest BCUT2D eigenvalue weighted by atomic mass is 15.2. The van der Waals surface area contributed by atoms with E-state index in [2.05, 4.69) is 77.2 Å². The van der Waals surface area contributed by atoms with Gasteiger partial charge in [0.25, 0.3) is 0 Å². The summed E-state index contributed by atoms with van der Waals surface area (Å²) in [5.74, 6) is 0. The van der Waals surface area contributed by atoms with Crippen molar-refractivity contribution in [1.29, 1.82) is 5.26 Å². The van der Waals surface area contributed by atoms with Gasteiger partial charge < -0.3 is 4.57 Å². The molecule has 0 radical (unpaired) electrons. The average molecular weight is 398 g/mol. The van der Waals surface area contributed by atoms with Gasteiger partial charge >= 0.3 is 0 Å². The number of hydrogen-bond acceptors (Lipinski definition) is 2. The number of nitriles is 1. The lowest BCUT2D eigenvalue weighted by atomic mass is 9.93. The van der Waals surface area contributed by atoms with Crippen molar-refractivity contribution in [3.63, 3.8) is 0 Å². The lowest BCUT2D eigenvalue weighted by molar-refractivity contribution is 0.137. The third-order valence-electron chi connectivity index (χ3n) is 6.28. The summed E-state index contributed by atoms with van der Waals surface area (Å²) >= 11 is 0. The Kier molecular flexibility index (Phi) is 6.67. The molecule has 4 rings (SSSR count). The molecule has 3 heteroatoms. The summed E-state index contributed by atoms with van der Waals surface area (Å²) in [6, 6.07) is 24.2. The Labute approximate surface area is 180 Å². The van der Waals surface area contributed by atoms with Gasteiger partial charge in [-0.2, -0.15) is 5.26 Å². The van der Waals surface area contributed by atoms with Crippen molar-refractivity contribution in [2.75, 3.05) is 0 Å². The summed E-state index contributed by atoms with van der Waals surface area (Å²) in [5.41, 5.74) is 6.05. The molecule has 0 unspecified atom stereocenters. The van der Waals surface area contributed by atoms with E-state index in [1.165, 1.54) is 54.5 Å². The highest BCUT2D eigenvalue weighted by Crippen LogP contribution is 2.26. The van der Waals surface area contributed by atoms with Gasteiger partial charge in [0.1, 0.15) is 0 Å². The standard InChI is InChI=1S/C27H31N3/c1-22-7-5-8-25(17-22)20-29-16-6-11-27(29)21-30(26-9-3-2-4-10-26)19-24-14-12-23(18-28)13-15-24/h5-8,11-17,26H,2-4,9-10,19-21H2,1H3. The quantitative estimate of drug-likeness (QED) is 0.486. The first-order chi connectivity index (χ1) is 14.7. The van der Waals surface area contributed by atoms with Crippen molar-refractivity contribution in [2.24, 2.45) is 0 Å². The molecule has 0 atom stereocenters. The number of nitrogens with zero attached hydrogens (tertiary/aromatic N) is 3. The first-order valence-electron chi connectivity index (χ1n) is 11.1. The molecule has 0 saturated heterocycles. The van der Waals surface area contributed by atoms with E-state index < -0.39 is 0 Å². The van der Waals surface area contributed by atoms with Gasteiger partial charge in [0.15, 0.2) is 0 Å². The van der Waals surface area contributed by atoms with Crippen LogP contribution in [0.2, 0.25) is 0 Å². The smallest absolute Gasteiger partial charge is 0.0991 e. The van der Waals surface area contributed by atoms with E-state index in [1.54, 1.807) is 0 Å². The molecule has 0 bridgehead atoms. The van der Waals surface area contributed by atoms with E-state index in [1.807, 2.05) is 12.1 Å². The molecule has 1 saturated carbocycles. The molecule has 2 aromatic carbocycles. The van der Waals surface area contributed by atoms with Gasteiger partial charge in [0, 0.05) is 37.6 Å². The molecular formula is C27H31N3. The van der Waals surface area contributed by atoms with Gasteiger partial charge in [0.05, 0.1) is 11.6 Å². The topological polar surface area (TPSA) is 32.0 Å². The van der Waals surface area contributed by atoms with Crippen LogP contribution < -0.4 is 0 Å². The summed E-state index contributed by atoms with van der Waals surface area (Å²) in [6.45, 7) is 4.97. The molecule has 3 nitrogen and oxygen atoms in total. The number of rotatable bonds is 7. The van der Waals surface area contributed by atoms with Gasteiger partial charge in [-0.3, -0.25) is 4.90 Å². The van der Waals surface area contributed by atoms with E-state index in [-0.39, 0.29) is 0 Å². The Morgan fingerprint density at radius 2 is 1.73 bits per heavy atom. The fraction of sp³-hybridized carbons (Fsp3) is 0.370. The second-order valence-corrected chi connectivity index (χ2v) is 8.62. The monoisotopic (exact) mass is 397 g/mol. The number of benzene rings is 2. The Morgan fingerprint density at radius 1 is 0.933 bits per heavy atom. The minimum Gasteiger partial charge on any atom is -0.346 e. The highest BCUT2D eigenvalue weighted by molar-refractivity contribution is 5.31. The Hall–Kier alpha value is -2.83. The molecule has 0 amide bonds. The molecular weight excluding hydrogens is 366 g/mol. The van der Waals surface area contributed by atoms with Gasteiger partial charge in [0.2, 0.25) is 0 Å². The van der Waals surface area contributed by atoms with Crippen molar-refractivity contribution in [3.05, 3.63) is 94.8 Å². The zero-order valence-corrected chi connectivity index (χ0v) is 17.9. The van der Waals surface area contributed by atoms with Crippen LogP contribution >= 0.6 is 0 Å². The van der Waals surface area contributed by atoms with Gasteiger partial charge in [-0.1, -0.05) is 61.2 Å². The van der Waals surface area contributed by atoms with E-state index in [9.17, 15) is 0 Å². The van der Waals surface area contributed by atoms with Crippen molar-refractivity contribution in [3.8, 4) is 6.07 Å². The van der Waals surface area contributed by atoms with E-state index >= 15 is 0 Å². The fourth-order valence-electron chi connectivity index (χ4n) is 4.64. The van der Waals surface area contributed by atoms with Crippen LogP contribution in [0.25, 0.3) is 0 Å². The number of aryl methyl sites for hydroxylation is 1. The van der Waals surface area contributed by atoms with Crippen LogP contribution in [0.4, 0.5) is 0 Å². The van der Waals surface area contributed by atoms with E-state index in [4.69, 9.17) is 5.26 Å². The average Bonchev–Trinajstić information content (AvgIpc) is 3.21. The number of aromatic nitrogens is 1. The molecule has 1 aliphatic rings. The molecule has 1 aliphatic carbocycles. The van der Waals surface area contributed by atoms with Crippen molar-refractivity contribution >= 4 is 0 Å². The molecule has 1 heterocycles. The van der Waals surface area contributed by atoms with Gasteiger partial charge in [-0.05, 0) is 55.2 Å². The molecule has 0 spiro atoms. The van der Waals surface area contributed by atoms with Gasteiger partial charge in [-0.25, -0.2) is 0 Å². The fourth-order valence-corrected chi connectivity index (χ4v) is 4.64. The van der Waals surface area contributed by atoms with E-state index in [0.29, 0.717) is 6.04 Å². The maximum absolute atomic E-state index is 9.09. The van der Waals surface area contributed by atoms with Crippen LogP contribution in [0.5, 0.6) is 0 Å². The molecule has 0 N–H and O–H groups in total. The predicted octanol–water partition coefficient (Wildman–Crippen LogP) is 6.05. The predicted molar refractivity (Wildman–Crippen MR) is 122 cm³/mol. The van der Waals surface area contributed by atoms with Crippen molar-refractivity contribution < 1.29 is 0 Å². The van der Waals surface area contributed by atoms with Crippen molar-refractivity contribution in [1.82, 2.24) is 9.47 Å². The van der Waals surface area contributed by atoms with Crippen LogP contribution in [0, 0.1) is 18.3 Å². The Balaban J connectivity index is 1.53. The third-order valence-corrected chi connectivity index (χ3v) is 6.28. The van der Waals surface area contributed by atoms with Crippen LogP contribution in [0.15, 0.2) is 66.9 Å². The molecule has 30 heavy (non-hydrogen) atoms. The van der Waals surface area contributed by atoms with Crippen molar-refractivity contribution in [2.45, 2.75) is 64.7 Å². The molecule has 154 valence electrons. The molecule has 3 aromatic rings. The molecule has 1 aromatic heterocycles. The normalized spacial score (nSPS) is 14.7.